The molecule has 6 heteroatoms. The minimum atomic E-state index is -1.51. The van der Waals surface area contributed by atoms with Crippen LogP contribution in [-0.2, 0) is 11.8 Å². The lowest BCUT2D eigenvalue weighted by molar-refractivity contribution is -0.00714. The molecule has 2 aromatic rings. The van der Waals surface area contributed by atoms with E-state index >= 15 is 4.39 Å². The van der Waals surface area contributed by atoms with E-state index in [1.807, 2.05) is 61.1 Å². The van der Waals surface area contributed by atoms with E-state index in [-0.39, 0.29) is 12.5 Å². The van der Waals surface area contributed by atoms with Crippen molar-refractivity contribution in [2.75, 3.05) is 6.61 Å². The van der Waals surface area contributed by atoms with Gasteiger partial charge in [0.25, 0.3) is 0 Å². The van der Waals surface area contributed by atoms with Gasteiger partial charge in [-0.2, -0.15) is 10.4 Å². The Morgan fingerprint density at radius 3 is 2.69 bits per heavy atom. The van der Waals surface area contributed by atoms with Crippen LogP contribution in [0.4, 0.5) is 4.39 Å². The van der Waals surface area contributed by atoms with Crippen molar-refractivity contribution in [2.24, 2.45) is 12.5 Å². The Balaban J connectivity index is 1.47. The van der Waals surface area contributed by atoms with Gasteiger partial charge in [0, 0.05) is 31.2 Å². The number of hydrogen-bond acceptors (Lipinski definition) is 4. The maximum absolute atomic E-state index is 15.5. The number of alkyl halides is 1. The number of nitrogens with zero attached hydrogens (tertiary/aromatic N) is 3. The molecular formula is C23H24FN3OS. The third kappa shape index (κ3) is 4.03. The maximum atomic E-state index is 15.5. The number of ether oxygens (including phenoxy) is 1. The number of halogens is 1. The summed E-state index contributed by atoms with van der Waals surface area (Å²) in [6.45, 7) is 2.56. The first-order valence-electron chi connectivity index (χ1n) is 9.82. The van der Waals surface area contributed by atoms with Crippen molar-refractivity contribution in [3.8, 4) is 17.3 Å². The molecular weight excluding hydrogens is 385 g/mol. The van der Waals surface area contributed by atoms with E-state index in [4.69, 9.17) is 4.74 Å². The van der Waals surface area contributed by atoms with Crippen LogP contribution in [0.5, 0.6) is 0 Å². The lowest BCUT2D eigenvalue weighted by Crippen LogP contribution is -2.35. The van der Waals surface area contributed by atoms with E-state index in [0.717, 1.165) is 21.7 Å². The topological polar surface area (TPSA) is 50.8 Å². The van der Waals surface area contributed by atoms with Crippen LogP contribution in [0.3, 0.4) is 0 Å². The van der Waals surface area contributed by atoms with Crippen LogP contribution >= 0.6 is 11.8 Å². The van der Waals surface area contributed by atoms with Crippen LogP contribution in [0.1, 0.15) is 26.2 Å². The average molecular weight is 410 g/mol. The highest BCUT2D eigenvalue weighted by molar-refractivity contribution is 8.00. The second-order valence-corrected chi connectivity index (χ2v) is 9.13. The van der Waals surface area contributed by atoms with E-state index in [1.165, 1.54) is 11.8 Å². The molecule has 0 bridgehead atoms. The number of rotatable bonds is 4. The van der Waals surface area contributed by atoms with Crippen molar-refractivity contribution in [2.45, 2.75) is 42.2 Å². The van der Waals surface area contributed by atoms with Crippen molar-refractivity contribution in [3.63, 3.8) is 0 Å². The van der Waals surface area contributed by atoms with Gasteiger partial charge >= 0.3 is 0 Å². The van der Waals surface area contributed by atoms with Crippen LogP contribution in [0.15, 0.2) is 65.2 Å². The summed E-state index contributed by atoms with van der Waals surface area (Å²) in [6.07, 6.45) is 8.70. The van der Waals surface area contributed by atoms with Gasteiger partial charge in [-0.1, -0.05) is 36.0 Å². The summed E-state index contributed by atoms with van der Waals surface area (Å²) < 4.78 is 22.9. The van der Waals surface area contributed by atoms with Crippen molar-refractivity contribution >= 4 is 11.8 Å². The fourth-order valence-electron chi connectivity index (χ4n) is 4.09. The molecule has 1 aliphatic carbocycles. The van der Waals surface area contributed by atoms with Gasteiger partial charge < -0.3 is 4.74 Å². The first-order chi connectivity index (χ1) is 13.9. The normalized spacial score (nSPS) is 29.3. The van der Waals surface area contributed by atoms with Crippen LogP contribution in [0, 0.1) is 16.7 Å². The zero-order chi connectivity index (χ0) is 20.5. The minimum absolute atomic E-state index is 0.0436. The maximum Gasteiger partial charge on any atom is 0.182 e. The summed E-state index contributed by atoms with van der Waals surface area (Å²) in [5, 5.41) is 12.5. The zero-order valence-electron chi connectivity index (χ0n) is 16.6. The molecule has 29 heavy (non-hydrogen) atoms. The first-order valence-corrected chi connectivity index (χ1v) is 10.6. The standard InChI is InChI=1S/C23H24FN3OS/c1-17-15-22(16-25,12-14-28-17)19-7-10-23(24,11-8-19)29-20-5-3-18(4-6-20)21-9-13-26-27(21)2/h3-10,13,17H,11-12,14-15H2,1-2H3/t17-,22-,23?/m0/s1. The number of benzene rings is 1. The molecule has 0 N–H and O–H groups in total. The number of hydrogen-bond donors (Lipinski definition) is 0. The van der Waals surface area contributed by atoms with E-state index in [2.05, 4.69) is 11.2 Å². The van der Waals surface area contributed by atoms with Gasteiger partial charge in [0.2, 0.25) is 0 Å². The summed E-state index contributed by atoms with van der Waals surface area (Å²) in [7, 11) is 1.90. The quantitative estimate of drug-likeness (QED) is 0.675. The Labute approximate surface area is 175 Å². The number of allylic oxidation sites excluding steroid dienone is 3. The van der Waals surface area contributed by atoms with Gasteiger partial charge in [0.05, 0.1) is 23.3 Å². The van der Waals surface area contributed by atoms with Crippen LogP contribution in [-0.4, -0.2) is 27.5 Å². The number of aromatic nitrogens is 2. The zero-order valence-corrected chi connectivity index (χ0v) is 17.5. The van der Waals surface area contributed by atoms with Gasteiger partial charge in [-0.15, -0.1) is 0 Å². The van der Waals surface area contributed by atoms with Crippen LogP contribution in [0.25, 0.3) is 11.3 Å². The molecule has 1 aromatic heterocycles. The Morgan fingerprint density at radius 2 is 2.10 bits per heavy atom. The summed E-state index contributed by atoms with van der Waals surface area (Å²) in [4.78, 5) is 0.870. The molecule has 0 spiro atoms. The van der Waals surface area contributed by atoms with Gasteiger partial charge in [-0.25, -0.2) is 4.39 Å². The number of nitriles is 1. The smallest absolute Gasteiger partial charge is 0.182 e. The summed E-state index contributed by atoms with van der Waals surface area (Å²) >= 11 is 1.20. The van der Waals surface area contributed by atoms with Crippen LogP contribution < -0.4 is 0 Å². The third-order valence-corrected chi connectivity index (χ3v) is 6.85. The second kappa shape index (κ2) is 7.81. The SMILES string of the molecule is C[C@H]1C[C@@](C#N)(C2=CCC(F)(Sc3ccc(-c4ccnn4C)cc3)C=C2)CCO1. The van der Waals surface area contributed by atoms with E-state index < -0.39 is 10.4 Å². The molecule has 0 radical (unpaired) electrons. The van der Waals surface area contributed by atoms with Gasteiger partial charge in [-0.3, -0.25) is 4.68 Å². The van der Waals surface area contributed by atoms with Crippen molar-refractivity contribution < 1.29 is 9.13 Å². The monoisotopic (exact) mass is 409 g/mol. The first kappa shape index (κ1) is 19.9. The molecule has 1 aliphatic heterocycles. The van der Waals surface area contributed by atoms with E-state index in [9.17, 15) is 5.26 Å². The van der Waals surface area contributed by atoms with Crippen LogP contribution in [0.2, 0.25) is 0 Å². The molecule has 4 nitrogen and oxygen atoms in total. The number of aryl methyl sites for hydroxylation is 1. The predicted octanol–water partition coefficient (Wildman–Crippen LogP) is 5.44. The molecule has 0 saturated carbocycles. The molecule has 1 unspecified atom stereocenters. The van der Waals surface area contributed by atoms with Gasteiger partial charge in [0.15, 0.2) is 5.00 Å². The van der Waals surface area contributed by atoms with Gasteiger partial charge in [0.1, 0.15) is 0 Å². The lowest BCUT2D eigenvalue weighted by Gasteiger charge is -2.37. The minimum Gasteiger partial charge on any atom is -0.378 e. The van der Waals surface area contributed by atoms with E-state index in [0.29, 0.717) is 19.4 Å². The predicted molar refractivity (Wildman–Crippen MR) is 113 cm³/mol. The number of thioether (sulfide) groups is 1. The Bertz CT molecular complexity index is 990. The Hall–Kier alpha value is -2.36. The fraction of sp³-hybridized carbons (Fsp3) is 0.391. The largest absolute Gasteiger partial charge is 0.378 e. The average Bonchev–Trinajstić information content (AvgIpc) is 3.14. The van der Waals surface area contributed by atoms with E-state index in [1.54, 1.807) is 12.3 Å². The third-order valence-electron chi connectivity index (χ3n) is 5.70. The molecule has 1 fully saturated rings. The highest BCUT2D eigenvalue weighted by atomic mass is 32.2. The molecule has 1 aromatic carbocycles. The molecule has 150 valence electrons. The molecule has 4 rings (SSSR count). The Kier molecular flexibility index (Phi) is 5.37. The molecule has 0 amide bonds. The molecule has 3 atom stereocenters. The van der Waals surface area contributed by atoms with Crippen molar-refractivity contribution in [1.29, 1.82) is 5.26 Å². The second-order valence-electron chi connectivity index (χ2n) is 7.78. The summed E-state index contributed by atoms with van der Waals surface area (Å²) in [6, 6.07) is 12.3. The van der Waals surface area contributed by atoms with Crippen molar-refractivity contribution in [3.05, 3.63) is 60.3 Å². The molecule has 2 heterocycles. The highest BCUT2D eigenvalue weighted by Crippen LogP contribution is 2.47. The van der Waals surface area contributed by atoms with Crippen molar-refractivity contribution in [1.82, 2.24) is 9.78 Å². The lowest BCUT2D eigenvalue weighted by atomic mass is 9.71. The highest BCUT2D eigenvalue weighted by Gasteiger charge is 2.41. The fourth-order valence-corrected chi connectivity index (χ4v) is 5.06. The molecule has 2 aliphatic rings. The Morgan fingerprint density at radius 1 is 1.31 bits per heavy atom. The molecule has 1 saturated heterocycles. The summed E-state index contributed by atoms with van der Waals surface area (Å²) in [5.41, 5.74) is 2.43. The van der Waals surface area contributed by atoms with Gasteiger partial charge in [-0.05, 0) is 55.2 Å². The summed E-state index contributed by atoms with van der Waals surface area (Å²) in [5.74, 6) is 0.